The zero-order chi connectivity index (χ0) is 24.7. The third-order valence-corrected chi connectivity index (χ3v) is 4.98. The van der Waals surface area contributed by atoms with Gasteiger partial charge < -0.3 is 14.2 Å². The Hall–Kier alpha value is -4.14. The highest BCUT2D eigenvalue weighted by atomic mass is 16.5. The largest absolute Gasteiger partial charge is 0.490 e. The summed E-state index contributed by atoms with van der Waals surface area (Å²) in [7, 11) is 1.25. The van der Waals surface area contributed by atoms with Gasteiger partial charge in [-0.15, -0.1) is 0 Å². The fraction of sp³-hybridized carbons (Fsp3) is 0.280. The van der Waals surface area contributed by atoms with Crippen molar-refractivity contribution in [3.8, 4) is 11.5 Å². The van der Waals surface area contributed by atoms with E-state index in [2.05, 4.69) is 17.0 Å². The smallest absolute Gasteiger partial charge is 0.337 e. The van der Waals surface area contributed by atoms with Crippen LogP contribution in [0.2, 0.25) is 0 Å². The maximum absolute atomic E-state index is 13.1. The number of carbonyl (C=O) groups is 4. The van der Waals surface area contributed by atoms with Gasteiger partial charge in [0.15, 0.2) is 11.5 Å². The van der Waals surface area contributed by atoms with Crippen molar-refractivity contribution in [3.63, 3.8) is 0 Å². The van der Waals surface area contributed by atoms with Gasteiger partial charge in [-0.2, -0.15) is 0 Å². The van der Waals surface area contributed by atoms with Gasteiger partial charge in [0.2, 0.25) is 0 Å². The van der Waals surface area contributed by atoms with E-state index in [1.54, 1.807) is 18.2 Å². The van der Waals surface area contributed by atoms with Gasteiger partial charge in [0.05, 0.1) is 31.6 Å². The number of nitrogens with one attached hydrogen (secondary N) is 1. The molecule has 0 saturated carbocycles. The van der Waals surface area contributed by atoms with Gasteiger partial charge in [0.25, 0.3) is 11.8 Å². The second kappa shape index (κ2) is 11.1. The van der Waals surface area contributed by atoms with E-state index in [-0.39, 0.29) is 16.8 Å². The molecule has 3 rings (SSSR count). The van der Waals surface area contributed by atoms with Crippen molar-refractivity contribution >= 4 is 35.6 Å². The lowest BCUT2D eigenvalue weighted by Crippen LogP contribution is -2.54. The molecule has 0 radical (unpaired) electrons. The molecule has 34 heavy (non-hydrogen) atoms. The molecule has 1 fully saturated rings. The minimum absolute atomic E-state index is 0.197. The molecule has 0 unspecified atom stereocenters. The van der Waals surface area contributed by atoms with Gasteiger partial charge in [-0.3, -0.25) is 14.9 Å². The monoisotopic (exact) mass is 466 g/mol. The average molecular weight is 466 g/mol. The molecule has 178 valence electrons. The van der Waals surface area contributed by atoms with Crippen LogP contribution >= 0.6 is 0 Å². The van der Waals surface area contributed by atoms with Crippen molar-refractivity contribution in [1.29, 1.82) is 0 Å². The van der Waals surface area contributed by atoms with Gasteiger partial charge in [0, 0.05) is 0 Å². The molecular weight excluding hydrogens is 440 g/mol. The Balaban J connectivity index is 1.91. The van der Waals surface area contributed by atoms with Gasteiger partial charge in [-0.1, -0.05) is 19.4 Å². The summed E-state index contributed by atoms with van der Waals surface area (Å²) in [6.45, 7) is 4.86. The normalized spacial score (nSPS) is 14.7. The summed E-state index contributed by atoms with van der Waals surface area (Å²) in [6, 6.07) is 9.90. The molecule has 1 heterocycles. The summed E-state index contributed by atoms with van der Waals surface area (Å²) in [4.78, 5) is 50.5. The van der Waals surface area contributed by atoms with Crippen LogP contribution in [0.5, 0.6) is 11.5 Å². The summed E-state index contributed by atoms with van der Waals surface area (Å²) in [5.74, 6) is -1.09. The lowest BCUT2D eigenvalue weighted by atomic mass is 10.1. The first-order chi connectivity index (χ1) is 16.4. The molecule has 0 aromatic heterocycles. The zero-order valence-corrected chi connectivity index (χ0v) is 19.3. The lowest BCUT2D eigenvalue weighted by Gasteiger charge is -2.26. The Morgan fingerprint density at radius 2 is 1.74 bits per heavy atom. The lowest BCUT2D eigenvalue weighted by molar-refractivity contribution is -0.122. The van der Waals surface area contributed by atoms with E-state index < -0.39 is 23.8 Å². The summed E-state index contributed by atoms with van der Waals surface area (Å²) in [6.07, 6.45) is 3.28. The van der Waals surface area contributed by atoms with Crippen LogP contribution in [0.15, 0.2) is 48.0 Å². The van der Waals surface area contributed by atoms with Crippen LogP contribution in [0, 0.1) is 0 Å². The first kappa shape index (κ1) is 24.5. The SMILES string of the molecule is CCCCOc1ccc(C=C2C(=O)NC(=O)N(c3ccc(C(=O)OC)cc3)C2=O)cc1OCC. The Morgan fingerprint density at radius 3 is 2.38 bits per heavy atom. The number of unbranched alkanes of at least 4 members (excludes halogenated alkanes) is 1. The zero-order valence-electron chi connectivity index (χ0n) is 19.3. The summed E-state index contributed by atoms with van der Waals surface area (Å²) < 4.78 is 16.1. The fourth-order valence-corrected chi connectivity index (χ4v) is 3.25. The Labute approximate surface area is 197 Å². The van der Waals surface area contributed by atoms with Crippen LogP contribution < -0.4 is 19.7 Å². The fourth-order valence-electron chi connectivity index (χ4n) is 3.25. The van der Waals surface area contributed by atoms with Crippen molar-refractivity contribution < 1.29 is 33.4 Å². The molecule has 1 N–H and O–H groups in total. The molecule has 9 nitrogen and oxygen atoms in total. The van der Waals surface area contributed by atoms with Crippen LogP contribution in [0.4, 0.5) is 10.5 Å². The number of imide groups is 2. The van der Waals surface area contributed by atoms with Crippen molar-refractivity contribution in [2.75, 3.05) is 25.2 Å². The van der Waals surface area contributed by atoms with Crippen LogP contribution in [-0.2, 0) is 14.3 Å². The number of ether oxygens (including phenoxy) is 3. The van der Waals surface area contributed by atoms with E-state index in [4.69, 9.17) is 9.47 Å². The number of nitrogens with zero attached hydrogens (tertiary/aromatic N) is 1. The number of barbiturate groups is 1. The number of hydrogen-bond acceptors (Lipinski definition) is 7. The second-order valence-corrected chi connectivity index (χ2v) is 7.34. The van der Waals surface area contributed by atoms with Gasteiger partial charge >= 0.3 is 12.0 Å². The number of benzene rings is 2. The first-order valence-electron chi connectivity index (χ1n) is 10.9. The van der Waals surface area contributed by atoms with E-state index in [0.717, 1.165) is 17.7 Å². The Kier molecular flexibility index (Phi) is 8.02. The molecule has 9 heteroatoms. The van der Waals surface area contributed by atoms with Crippen LogP contribution in [-0.4, -0.2) is 44.1 Å². The number of carbonyl (C=O) groups excluding carboxylic acids is 4. The highest BCUT2D eigenvalue weighted by Gasteiger charge is 2.36. The predicted octanol–water partition coefficient (Wildman–Crippen LogP) is 3.72. The maximum atomic E-state index is 13.1. The molecule has 2 aromatic carbocycles. The summed E-state index contributed by atoms with van der Waals surface area (Å²) in [5, 5.41) is 2.17. The minimum atomic E-state index is -0.882. The summed E-state index contributed by atoms with van der Waals surface area (Å²) >= 11 is 0. The molecule has 0 aliphatic carbocycles. The molecule has 0 spiro atoms. The Bertz CT molecular complexity index is 1120. The van der Waals surface area contributed by atoms with E-state index >= 15 is 0 Å². The van der Waals surface area contributed by atoms with Crippen molar-refractivity contribution in [1.82, 2.24) is 5.32 Å². The highest BCUT2D eigenvalue weighted by Crippen LogP contribution is 2.30. The third kappa shape index (κ3) is 5.43. The van der Waals surface area contributed by atoms with Gasteiger partial charge in [0.1, 0.15) is 5.57 Å². The molecule has 1 saturated heterocycles. The number of urea groups is 1. The molecule has 1 aliphatic heterocycles. The molecule has 0 bridgehead atoms. The molecule has 1 aliphatic rings. The Morgan fingerprint density at radius 1 is 1.00 bits per heavy atom. The molecule has 2 aromatic rings. The highest BCUT2D eigenvalue weighted by molar-refractivity contribution is 6.39. The molecule has 4 amide bonds. The topological polar surface area (TPSA) is 111 Å². The van der Waals surface area contributed by atoms with Crippen molar-refractivity contribution in [2.45, 2.75) is 26.7 Å². The predicted molar refractivity (Wildman–Crippen MR) is 125 cm³/mol. The molecule has 0 atom stereocenters. The van der Waals surface area contributed by atoms with E-state index in [9.17, 15) is 19.2 Å². The van der Waals surface area contributed by atoms with E-state index in [1.165, 1.54) is 37.5 Å². The maximum Gasteiger partial charge on any atom is 0.337 e. The number of anilines is 1. The van der Waals surface area contributed by atoms with Crippen LogP contribution in [0.25, 0.3) is 6.08 Å². The van der Waals surface area contributed by atoms with E-state index in [1.807, 2.05) is 6.92 Å². The number of amides is 4. The standard InChI is InChI=1S/C25H26N2O7/c1-4-6-13-34-20-12-7-16(15-21(20)33-5-2)14-19-22(28)26-25(31)27(23(19)29)18-10-8-17(9-11-18)24(30)32-3/h7-12,14-15H,4-6,13H2,1-3H3,(H,26,28,31). The number of esters is 1. The molecular formula is C25H26N2O7. The van der Waals surface area contributed by atoms with E-state index in [0.29, 0.717) is 30.3 Å². The van der Waals surface area contributed by atoms with Crippen LogP contribution in [0.3, 0.4) is 0 Å². The van der Waals surface area contributed by atoms with Crippen molar-refractivity contribution in [2.24, 2.45) is 0 Å². The van der Waals surface area contributed by atoms with Gasteiger partial charge in [-0.05, 0) is 61.4 Å². The number of hydrogen-bond donors (Lipinski definition) is 1. The first-order valence-corrected chi connectivity index (χ1v) is 10.9. The number of rotatable bonds is 9. The minimum Gasteiger partial charge on any atom is -0.490 e. The average Bonchev–Trinajstić information content (AvgIpc) is 2.83. The second-order valence-electron chi connectivity index (χ2n) is 7.34. The third-order valence-electron chi connectivity index (χ3n) is 4.98. The van der Waals surface area contributed by atoms with Crippen LogP contribution in [0.1, 0.15) is 42.6 Å². The quantitative estimate of drug-likeness (QED) is 0.259. The summed E-state index contributed by atoms with van der Waals surface area (Å²) in [5.41, 5.74) is 0.759. The van der Waals surface area contributed by atoms with Crippen molar-refractivity contribution in [3.05, 3.63) is 59.2 Å². The number of methoxy groups -OCH3 is 1. The van der Waals surface area contributed by atoms with Gasteiger partial charge in [-0.25, -0.2) is 14.5 Å².